The number of aromatic nitrogens is 1. The van der Waals surface area contributed by atoms with Crippen molar-refractivity contribution in [1.82, 2.24) is 9.88 Å². The summed E-state index contributed by atoms with van der Waals surface area (Å²) < 4.78 is 6.04. The Morgan fingerprint density at radius 1 is 1.10 bits per heavy atom. The molecule has 2 aliphatic rings. The number of hydrogen-bond donors (Lipinski definition) is 2. The van der Waals surface area contributed by atoms with Gasteiger partial charge in [-0.15, -0.1) is 0 Å². The summed E-state index contributed by atoms with van der Waals surface area (Å²) in [6.45, 7) is 4.03. The van der Waals surface area contributed by atoms with Crippen molar-refractivity contribution in [1.29, 1.82) is 0 Å². The fourth-order valence-corrected chi connectivity index (χ4v) is 4.99. The predicted molar refractivity (Wildman–Crippen MR) is 123 cm³/mol. The second-order valence-electron chi connectivity index (χ2n) is 7.76. The highest BCUT2D eigenvalue weighted by Gasteiger charge is 2.21. The Morgan fingerprint density at radius 3 is 2.87 bits per heavy atom. The zero-order valence-corrected chi connectivity index (χ0v) is 17.6. The van der Waals surface area contributed by atoms with E-state index in [9.17, 15) is 4.79 Å². The number of rotatable bonds is 5. The van der Waals surface area contributed by atoms with Gasteiger partial charge in [0.25, 0.3) is 5.91 Å². The number of anilines is 1. The van der Waals surface area contributed by atoms with Crippen LogP contribution in [0.4, 0.5) is 5.69 Å². The molecular weight excluding hydrogens is 394 g/mol. The number of carbonyl (C=O) groups is 1. The average Bonchev–Trinajstić information content (AvgIpc) is 3.17. The number of nitrogens with zero attached hydrogens (tertiary/aromatic N) is 1. The number of ether oxygens (including phenoxy) is 1. The number of benzene rings is 2. The first kappa shape index (κ1) is 19.3. The van der Waals surface area contributed by atoms with E-state index < -0.39 is 0 Å². The van der Waals surface area contributed by atoms with Gasteiger partial charge < -0.3 is 15.0 Å². The highest BCUT2D eigenvalue weighted by molar-refractivity contribution is 8.04. The molecule has 0 atom stereocenters. The molecule has 30 heavy (non-hydrogen) atoms. The largest absolute Gasteiger partial charge is 0.492 e. The van der Waals surface area contributed by atoms with Crippen molar-refractivity contribution >= 4 is 40.3 Å². The first-order chi connectivity index (χ1) is 14.8. The van der Waals surface area contributed by atoms with E-state index in [1.54, 1.807) is 0 Å². The number of carbonyl (C=O) groups excluding carboxylic acids is 1. The Hall–Kier alpha value is -2.70. The number of aromatic amines is 1. The van der Waals surface area contributed by atoms with Gasteiger partial charge in [-0.1, -0.05) is 30.3 Å². The molecule has 1 saturated heterocycles. The molecule has 0 unspecified atom stereocenters. The molecule has 1 fully saturated rings. The Labute approximate surface area is 180 Å². The van der Waals surface area contributed by atoms with Gasteiger partial charge in [-0.25, -0.2) is 0 Å². The number of nitrogens with one attached hydrogen (secondary N) is 2. The minimum atomic E-state index is -0.0676. The second-order valence-corrected chi connectivity index (χ2v) is 8.85. The van der Waals surface area contributed by atoms with Crippen molar-refractivity contribution < 1.29 is 9.53 Å². The number of amides is 1. The van der Waals surface area contributed by atoms with Crippen LogP contribution < -0.4 is 10.1 Å². The van der Waals surface area contributed by atoms with Gasteiger partial charge in [0.05, 0.1) is 10.6 Å². The van der Waals surface area contributed by atoms with E-state index in [1.165, 1.54) is 44.1 Å². The molecule has 2 aliphatic heterocycles. The molecule has 0 radical (unpaired) electrons. The van der Waals surface area contributed by atoms with E-state index >= 15 is 0 Å². The van der Waals surface area contributed by atoms with Crippen LogP contribution in [0.1, 0.15) is 24.8 Å². The number of thioether (sulfide) groups is 1. The van der Waals surface area contributed by atoms with Gasteiger partial charge in [0.1, 0.15) is 12.4 Å². The van der Waals surface area contributed by atoms with Crippen LogP contribution in [0.2, 0.25) is 0 Å². The van der Waals surface area contributed by atoms with E-state index in [4.69, 9.17) is 4.74 Å². The zero-order valence-electron chi connectivity index (χ0n) is 16.8. The molecule has 154 valence electrons. The molecule has 0 aliphatic carbocycles. The van der Waals surface area contributed by atoms with Crippen molar-refractivity contribution in [2.75, 3.05) is 31.6 Å². The van der Waals surface area contributed by atoms with Crippen molar-refractivity contribution in [3.63, 3.8) is 0 Å². The summed E-state index contributed by atoms with van der Waals surface area (Å²) in [5.41, 5.74) is 2.89. The highest BCUT2D eigenvalue weighted by Crippen LogP contribution is 2.39. The maximum Gasteiger partial charge on any atom is 0.262 e. The number of likely N-dealkylation sites (tertiary alicyclic amines) is 1. The van der Waals surface area contributed by atoms with Crippen molar-refractivity contribution in [2.45, 2.75) is 24.2 Å². The number of H-pyrrole nitrogens is 1. The van der Waals surface area contributed by atoms with Crippen LogP contribution in [0.3, 0.4) is 0 Å². The summed E-state index contributed by atoms with van der Waals surface area (Å²) in [7, 11) is 0. The minimum absolute atomic E-state index is 0.0676. The number of fused-ring (bicyclic) bond motifs is 2. The summed E-state index contributed by atoms with van der Waals surface area (Å²) >= 11 is 1.50. The maximum absolute atomic E-state index is 12.5. The van der Waals surface area contributed by atoms with Crippen LogP contribution in [0.25, 0.3) is 17.0 Å². The first-order valence-electron chi connectivity index (χ1n) is 10.5. The van der Waals surface area contributed by atoms with E-state index in [2.05, 4.69) is 21.3 Å². The molecule has 1 aromatic heterocycles. The maximum atomic E-state index is 12.5. The van der Waals surface area contributed by atoms with Crippen LogP contribution in [0, 0.1) is 0 Å². The third-order valence-electron chi connectivity index (χ3n) is 5.68. The van der Waals surface area contributed by atoms with Crippen molar-refractivity contribution in [3.05, 3.63) is 59.1 Å². The normalized spacial score (nSPS) is 18.4. The van der Waals surface area contributed by atoms with Crippen LogP contribution in [-0.2, 0) is 4.79 Å². The smallest absolute Gasteiger partial charge is 0.262 e. The summed E-state index contributed by atoms with van der Waals surface area (Å²) in [4.78, 5) is 20.1. The first-order valence-corrected chi connectivity index (χ1v) is 11.3. The van der Waals surface area contributed by atoms with Crippen molar-refractivity contribution in [2.24, 2.45) is 0 Å². The average molecular weight is 420 g/mol. The molecule has 1 amide bonds. The number of para-hydroxylation sites is 1. The Morgan fingerprint density at radius 2 is 1.97 bits per heavy atom. The molecule has 0 saturated carbocycles. The molecular formula is C24H25N3O2S. The highest BCUT2D eigenvalue weighted by atomic mass is 32.2. The van der Waals surface area contributed by atoms with Crippen molar-refractivity contribution in [3.8, 4) is 5.75 Å². The van der Waals surface area contributed by atoms with Gasteiger partial charge >= 0.3 is 0 Å². The van der Waals surface area contributed by atoms with Gasteiger partial charge in [0.15, 0.2) is 0 Å². The topological polar surface area (TPSA) is 57.4 Å². The molecule has 2 aromatic carbocycles. The minimum Gasteiger partial charge on any atom is -0.492 e. The summed E-state index contributed by atoms with van der Waals surface area (Å²) in [6, 6.07) is 14.0. The number of hydrogen-bond acceptors (Lipinski definition) is 4. The molecule has 2 N–H and O–H groups in total. The van der Waals surface area contributed by atoms with Gasteiger partial charge in [0.2, 0.25) is 0 Å². The summed E-state index contributed by atoms with van der Waals surface area (Å²) in [6.07, 6.45) is 7.84. The SMILES string of the molecule is O=C1Nc2ccccc2SC1=Cc1c[nH]c2ccc(OCCN3CCCCC3)cc12. The van der Waals surface area contributed by atoms with Crippen LogP contribution >= 0.6 is 11.8 Å². The Bertz CT molecular complexity index is 1100. The van der Waals surface area contributed by atoms with E-state index in [0.29, 0.717) is 11.5 Å². The summed E-state index contributed by atoms with van der Waals surface area (Å²) in [5.74, 6) is 0.798. The predicted octanol–water partition coefficient (Wildman–Crippen LogP) is 5.12. The van der Waals surface area contributed by atoms with E-state index in [1.807, 2.05) is 48.7 Å². The third kappa shape index (κ3) is 4.11. The summed E-state index contributed by atoms with van der Waals surface area (Å²) in [5, 5.41) is 4.03. The molecule has 5 rings (SSSR count). The van der Waals surface area contributed by atoms with Gasteiger partial charge in [-0.2, -0.15) is 0 Å². The monoisotopic (exact) mass is 419 g/mol. The quantitative estimate of drug-likeness (QED) is 0.564. The third-order valence-corrected chi connectivity index (χ3v) is 6.77. The molecule has 0 bridgehead atoms. The van der Waals surface area contributed by atoms with E-state index in [-0.39, 0.29) is 5.91 Å². The molecule has 3 heterocycles. The van der Waals surface area contributed by atoms with E-state index in [0.717, 1.165) is 39.3 Å². The van der Waals surface area contributed by atoms with Crippen LogP contribution in [-0.4, -0.2) is 42.0 Å². The van der Waals surface area contributed by atoms with Gasteiger partial charge in [-0.3, -0.25) is 9.69 Å². The number of piperidine rings is 1. The second kappa shape index (κ2) is 8.58. The fraction of sp³-hybridized carbons (Fsp3) is 0.292. The zero-order chi connectivity index (χ0) is 20.3. The standard InChI is InChI=1S/C24H25N3O2S/c28-24-23(30-22-7-3-2-6-21(22)26-24)14-17-16-25-20-9-8-18(15-19(17)20)29-13-12-27-10-4-1-5-11-27/h2-3,6-9,14-16,25H,1,4-5,10-13H2,(H,26,28). The van der Waals surface area contributed by atoms with Gasteiger partial charge in [0, 0.05) is 34.1 Å². The molecule has 5 nitrogen and oxygen atoms in total. The molecule has 0 spiro atoms. The molecule has 6 heteroatoms. The lowest BCUT2D eigenvalue weighted by molar-refractivity contribution is -0.112. The fourth-order valence-electron chi connectivity index (χ4n) is 4.05. The Kier molecular flexibility index (Phi) is 5.51. The lowest BCUT2D eigenvalue weighted by atomic mass is 10.1. The lowest BCUT2D eigenvalue weighted by Crippen LogP contribution is -2.33. The Balaban J connectivity index is 1.33. The lowest BCUT2D eigenvalue weighted by Gasteiger charge is -2.26. The van der Waals surface area contributed by atoms with Gasteiger partial charge in [-0.05, 0) is 62.3 Å². The van der Waals surface area contributed by atoms with Crippen LogP contribution in [0.5, 0.6) is 5.75 Å². The van der Waals surface area contributed by atoms with Crippen LogP contribution in [0.15, 0.2) is 58.5 Å². The molecule has 3 aromatic rings.